The van der Waals surface area contributed by atoms with Crippen molar-refractivity contribution in [1.82, 2.24) is 0 Å². The van der Waals surface area contributed by atoms with E-state index in [9.17, 15) is 0 Å². The molecule has 8 aromatic carbocycles. The van der Waals surface area contributed by atoms with E-state index in [1.807, 2.05) is 0 Å². The summed E-state index contributed by atoms with van der Waals surface area (Å²) in [5, 5.41) is 12.0. The van der Waals surface area contributed by atoms with Crippen LogP contribution >= 0.6 is 15.8 Å². The molecule has 56 heavy (non-hydrogen) atoms. The largest absolute Gasteiger partial charge is 0.0834 e. The first-order valence-electron chi connectivity index (χ1n) is 21.2. The van der Waals surface area contributed by atoms with Crippen molar-refractivity contribution in [1.29, 1.82) is 0 Å². The fraction of sp³-hybridized carbons (Fsp3) is 0.259. The van der Waals surface area contributed by atoms with Crippen LogP contribution in [0.3, 0.4) is 0 Å². The van der Waals surface area contributed by atoms with Crippen LogP contribution < -0.4 is 0 Å². The minimum atomic E-state index is -0.480. The first-order valence-corrected chi connectivity index (χ1v) is 24.4. The molecule has 0 nitrogen and oxygen atoms in total. The molecule has 0 radical (unpaired) electrons. The van der Waals surface area contributed by atoms with Gasteiger partial charge in [0.1, 0.15) is 0 Å². The van der Waals surface area contributed by atoms with E-state index in [4.69, 9.17) is 0 Å². The van der Waals surface area contributed by atoms with E-state index in [0.29, 0.717) is 5.40 Å². The first-order chi connectivity index (χ1) is 27.7. The second-order valence-electron chi connectivity index (χ2n) is 16.4. The van der Waals surface area contributed by atoms with Crippen LogP contribution in [-0.2, 0) is 10.3 Å². The van der Waals surface area contributed by atoms with E-state index >= 15 is 0 Å². The molecule has 2 saturated heterocycles. The molecule has 2 atom stereocenters. The molecule has 2 fully saturated rings. The Bertz CT molecular complexity index is 2310. The summed E-state index contributed by atoms with van der Waals surface area (Å²) in [4.78, 5) is 0. The van der Waals surface area contributed by atoms with E-state index in [1.165, 1.54) is 107 Å². The predicted octanol–water partition coefficient (Wildman–Crippen LogP) is 15.9. The Morgan fingerprint density at radius 3 is 1.07 bits per heavy atom. The van der Waals surface area contributed by atoms with Gasteiger partial charge >= 0.3 is 0 Å². The van der Waals surface area contributed by atoms with Crippen molar-refractivity contribution in [3.05, 3.63) is 192 Å². The Morgan fingerprint density at radius 2 is 0.732 bits per heavy atom. The summed E-state index contributed by atoms with van der Waals surface area (Å²) in [7, 11) is -0.959. The molecule has 0 aliphatic carbocycles. The maximum absolute atomic E-state index is 2.55. The minimum Gasteiger partial charge on any atom is -0.0834 e. The summed E-state index contributed by atoms with van der Waals surface area (Å²) in [6.45, 7) is 2.39. The Labute approximate surface area is 335 Å². The predicted molar refractivity (Wildman–Crippen MR) is 247 cm³/mol. The Hall–Kier alpha value is -4.34. The van der Waals surface area contributed by atoms with Crippen LogP contribution in [0.1, 0.15) is 80.5 Å². The van der Waals surface area contributed by atoms with Crippen molar-refractivity contribution in [3.63, 3.8) is 0 Å². The third kappa shape index (κ3) is 5.78. The van der Waals surface area contributed by atoms with E-state index in [-0.39, 0.29) is 10.3 Å². The zero-order valence-corrected chi connectivity index (χ0v) is 34.5. The van der Waals surface area contributed by atoms with Crippen LogP contribution in [0.2, 0.25) is 0 Å². The van der Waals surface area contributed by atoms with Gasteiger partial charge in [0.05, 0.1) is 0 Å². The molecular formula is C54H52P2. The topological polar surface area (TPSA) is 0 Å². The molecule has 8 aromatic rings. The molecule has 0 spiro atoms. The van der Waals surface area contributed by atoms with Crippen molar-refractivity contribution in [2.24, 2.45) is 0 Å². The summed E-state index contributed by atoms with van der Waals surface area (Å²) in [6, 6.07) is 66.3. The lowest BCUT2D eigenvalue weighted by molar-refractivity contribution is 0.661. The molecule has 2 aliphatic rings. The molecule has 0 amide bonds. The molecule has 2 unspecified atom stereocenters. The monoisotopic (exact) mass is 762 g/mol. The van der Waals surface area contributed by atoms with Gasteiger partial charge in [-0.25, -0.2) is 0 Å². The fourth-order valence-corrected chi connectivity index (χ4v) is 21.8. The molecule has 2 heteroatoms. The third-order valence-corrected chi connectivity index (χ3v) is 22.2. The highest BCUT2D eigenvalue weighted by molar-refractivity contribution is 7.77. The highest BCUT2D eigenvalue weighted by atomic mass is 31.2. The lowest BCUT2D eigenvalue weighted by atomic mass is 9.82. The average molecular weight is 763 g/mol. The van der Waals surface area contributed by atoms with Gasteiger partial charge in [0, 0.05) is 15.7 Å². The van der Waals surface area contributed by atoms with E-state index in [1.54, 1.807) is 22.3 Å². The van der Waals surface area contributed by atoms with Gasteiger partial charge in [-0.15, -0.1) is 0 Å². The van der Waals surface area contributed by atoms with E-state index < -0.39 is 15.8 Å². The number of unbranched alkanes of at least 4 members (excludes halogenated alkanes) is 2. The van der Waals surface area contributed by atoms with Crippen molar-refractivity contribution >= 4 is 58.9 Å². The lowest BCUT2D eigenvalue weighted by Gasteiger charge is -2.49. The second kappa shape index (κ2) is 15.2. The zero-order chi connectivity index (χ0) is 37.5. The number of hydrogen-bond donors (Lipinski definition) is 0. The van der Waals surface area contributed by atoms with Crippen molar-refractivity contribution in [3.8, 4) is 0 Å². The second-order valence-corrected chi connectivity index (χ2v) is 22.4. The minimum absolute atomic E-state index is 0.0257. The number of fused-ring (bicyclic) bond motifs is 4. The maximum Gasteiger partial charge on any atom is 0.0419 e. The Kier molecular flexibility index (Phi) is 9.78. The molecule has 0 aromatic heterocycles. The van der Waals surface area contributed by atoms with Crippen LogP contribution in [0.25, 0.3) is 43.1 Å². The van der Waals surface area contributed by atoms with Gasteiger partial charge in [0.15, 0.2) is 0 Å². The van der Waals surface area contributed by atoms with Crippen molar-refractivity contribution in [2.45, 2.75) is 74.0 Å². The molecule has 0 saturated carbocycles. The first kappa shape index (κ1) is 36.0. The van der Waals surface area contributed by atoms with Crippen LogP contribution in [0.5, 0.6) is 0 Å². The third-order valence-electron chi connectivity index (χ3n) is 13.6. The van der Waals surface area contributed by atoms with Crippen LogP contribution in [-0.4, -0.2) is 17.7 Å². The van der Waals surface area contributed by atoms with Gasteiger partial charge in [-0.3, -0.25) is 0 Å². The van der Waals surface area contributed by atoms with Gasteiger partial charge in [-0.1, -0.05) is 212 Å². The summed E-state index contributed by atoms with van der Waals surface area (Å²) < 4.78 is 0. The van der Waals surface area contributed by atoms with Gasteiger partial charge in [-0.05, 0) is 110 Å². The number of hydrogen-bond acceptors (Lipinski definition) is 0. The SMILES string of the molecule is CCCCCC(P1CCCC1(c1cccc2ccccc12)c1cccc2ccccc12)P1CCCC1(c1cccc2ccccc12)c1cccc2ccccc12. The molecule has 2 heterocycles. The van der Waals surface area contributed by atoms with Crippen molar-refractivity contribution in [2.75, 3.05) is 12.3 Å². The van der Waals surface area contributed by atoms with Crippen LogP contribution in [0, 0.1) is 0 Å². The van der Waals surface area contributed by atoms with E-state index in [2.05, 4.69) is 177 Å². The Balaban J connectivity index is 1.27. The number of benzene rings is 8. The zero-order valence-electron chi connectivity index (χ0n) is 32.7. The van der Waals surface area contributed by atoms with Crippen LogP contribution in [0.4, 0.5) is 0 Å². The standard InChI is InChI=1S/C54H52P2/c1-2-3-4-35-52(55-38-17-36-53(55,48-31-13-23-40-19-5-9-27-44(40)48)49-32-14-24-41-20-6-10-28-45(41)49)56-39-18-37-54(56,50-33-15-25-42-21-7-11-29-46(42)50)51-34-16-26-43-22-8-12-30-47(43)51/h5-16,19-34,52H,2-4,17-18,35-39H2,1H3. The van der Waals surface area contributed by atoms with E-state index in [0.717, 1.165) is 0 Å². The van der Waals surface area contributed by atoms with Gasteiger partial charge in [0.2, 0.25) is 0 Å². The van der Waals surface area contributed by atoms with Gasteiger partial charge < -0.3 is 0 Å². The Morgan fingerprint density at radius 1 is 0.411 bits per heavy atom. The quantitative estimate of drug-likeness (QED) is 0.0961. The molecular weight excluding hydrogens is 711 g/mol. The lowest BCUT2D eigenvalue weighted by Crippen LogP contribution is -2.31. The molecule has 2 aliphatic heterocycles. The summed E-state index contributed by atoms with van der Waals surface area (Å²) >= 11 is 0. The highest BCUT2D eigenvalue weighted by Crippen LogP contribution is 2.82. The number of rotatable bonds is 10. The maximum atomic E-state index is 2.55. The average Bonchev–Trinajstić information content (AvgIpc) is 3.91. The van der Waals surface area contributed by atoms with Crippen LogP contribution in [0.15, 0.2) is 170 Å². The molecule has 0 N–H and O–H groups in total. The fourth-order valence-electron chi connectivity index (χ4n) is 11.3. The molecule has 0 bridgehead atoms. The van der Waals surface area contributed by atoms with Gasteiger partial charge in [-0.2, -0.15) is 0 Å². The normalized spacial score (nSPS) is 19.6. The summed E-state index contributed by atoms with van der Waals surface area (Å²) in [5.41, 5.74) is 6.36. The summed E-state index contributed by atoms with van der Waals surface area (Å²) in [6.07, 6.45) is 13.0. The van der Waals surface area contributed by atoms with Crippen molar-refractivity contribution < 1.29 is 0 Å². The van der Waals surface area contributed by atoms with Gasteiger partial charge in [0.25, 0.3) is 0 Å². The molecule has 10 rings (SSSR count). The molecule has 278 valence electrons. The highest BCUT2D eigenvalue weighted by Gasteiger charge is 2.56. The smallest absolute Gasteiger partial charge is 0.0419 e. The summed E-state index contributed by atoms with van der Waals surface area (Å²) in [5.74, 6) is 0.